The van der Waals surface area contributed by atoms with Crippen LogP contribution in [0.15, 0.2) is 12.1 Å². The van der Waals surface area contributed by atoms with Crippen molar-refractivity contribution in [2.75, 3.05) is 26.3 Å². The second-order valence-electron chi connectivity index (χ2n) is 7.12. The molecular weight excluding hydrogens is 260 g/mol. The van der Waals surface area contributed by atoms with Gasteiger partial charge in [-0.05, 0) is 42.9 Å². The number of hydrogen-bond acceptors (Lipinski definition) is 3. The molecule has 2 saturated heterocycles. The van der Waals surface area contributed by atoms with Crippen LogP contribution < -0.4 is 0 Å². The fourth-order valence-corrected chi connectivity index (χ4v) is 3.51. The Bertz CT molecular complexity index is 480. The average molecular weight is 288 g/mol. The van der Waals surface area contributed by atoms with E-state index in [2.05, 4.69) is 37.8 Å². The Kier molecular flexibility index (Phi) is 4.60. The molecule has 1 aromatic heterocycles. The molecule has 116 valence electrons. The minimum Gasteiger partial charge on any atom is -0.381 e. The fourth-order valence-electron chi connectivity index (χ4n) is 3.51. The van der Waals surface area contributed by atoms with Crippen LogP contribution in [0.1, 0.15) is 62.4 Å². The molecule has 0 aliphatic carbocycles. The maximum atomic E-state index is 5.59. The molecule has 3 heterocycles. The van der Waals surface area contributed by atoms with Gasteiger partial charge in [-0.2, -0.15) is 0 Å². The van der Waals surface area contributed by atoms with Gasteiger partial charge in [-0.25, -0.2) is 0 Å². The van der Waals surface area contributed by atoms with E-state index in [4.69, 9.17) is 9.72 Å². The summed E-state index contributed by atoms with van der Waals surface area (Å²) in [5.41, 5.74) is 3.95. The van der Waals surface area contributed by atoms with E-state index in [1.54, 1.807) is 0 Å². The first-order chi connectivity index (χ1) is 10.1. The van der Waals surface area contributed by atoms with Crippen molar-refractivity contribution in [3.05, 3.63) is 29.1 Å². The minimum atomic E-state index is 0.495. The number of aromatic nitrogens is 1. The molecule has 0 radical (unpaired) electrons. The van der Waals surface area contributed by atoms with Gasteiger partial charge in [0.2, 0.25) is 0 Å². The molecule has 3 rings (SSSR count). The molecule has 21 heavy (non-hydrogen) atoms. The SMILES string of the molecule is CC(C)c1ccc([C@H]2CCOC2)c(CN2CC[C@@H](C)C2)n1. The lowest BCUT2D eigenvalue weighted by molar-refractivity contribution is 0.193. The predicted octanol–water partition coefficient (Wildman–Crippen LogP) is 3.55. The second-order valence-corrected chi connectivity index (χ2v) is 7.12. The summed E-state index contributed by atoms with van der Waals surface area (Å²) in [6.45, 7) is 12.0. The van der Waals surface area contributed by atoms with E-state index in [9.17, 15) is 0 Å². The number of pyridine rings is 1. The molecule has 3 heteroatoms. The quantitative estimate of drug-likeness (QED) is 0.847. The van der Waals surface area contributed by atoms with Crippen LogP contribution in [0.2, 0.25) is 0 Å². The maximum absolute atomic E-state index is 5.59. The van der Waals surface area contributed by atoms with Crippen LogP contribution in [0, 0.1) is 5.92 Å². The summed E-state index contributed by atoms with van der Waals surface area (Å²) in [6.07, 6.45) is 2.47. The average Bonchev–Trinajstić information content (AvgIpc) is 3.10. The van der Waals surface area contributed by atoms with E-state index < -0.39 is 0 Å². The Morgan fingerprint density at radius 3 is 2.81 bits per heavy atom. The van der Waals surface area contributed by atoms with E-state index >= 15 is 0 Å². The molecule has 0 spiro atoms. The molecule has 0 bridgehead atoms. The summed E-state index contributed by atoms with van der Waals surface area (Å²) in [5.74, 6) is 1.88. The van der Waals surface area contributed by atoms with Crippen LogP contribution in [0.4, 0.5) is 0 Å². The molecule has 0 amide bonds. The van der Waals surface area contributed by atoms with Crippen molar-refractivity contribution >= 4 is 0 Å². The van der Waals surface area contributed by atoms with Gasteiger partial charge in [-0.15, -0.1) is 0 Å². The highest BCUT2D eigenvalue weighted by molar-refractivity contribution is 5.29. The Labute approximate surface area is 128 Å². The van der Waals surface area contributed by atoms with Gasteiger partial charge in [0, 0.05) is 31.3 Å². The molecule has 2 aliphatic heterocycles. The third-order valence-corrected chi connectivity index (χ3v) is 4.87. The molecule has 2 fully saturated rings. The van der Waals surface area contributed by atoms with Crippen LogP contribution in [-0.4, -0.2) is 36.2 Å². The number of nitrogens with zero attached hydrogens (tertiary/aromatic N) is 2. The van der Waals surface area contributed by atoms with Crippen LogP contribution in [0.3, 0.4) is 0 Å². The summed E-state index contributed by atoms with van der Waals surface area (Å²) < 4.78 is 5.59. The summed E-state index contributed by atoms with van der Waals surface area (Å²) in [4.78, 5) is 7.57. The Hall–Kier alpha value is -0.930. The molecule has 3 nitrogen and oxygen atoms in total. The van der Waals surface area contributed by atoms with E-state index in [1.165, 1.54) is 36.5 Å². The normalized spacial score (nSPS) is 26.9. The zero-order valence-corrected chi connectivity index (χ0v) is 13.6. The topological polar surface area (TPSA) is 25.4 Å². The summed E-state index contributed by atoms with van der Waals surface area (Å²) >= 11 is 0. The Morgan fingerprint density at radius 1 is 1.33 bits per heavy atom. The third-order valence-electron chi connectivity index (χ3n) is 4.87. The van der Waals surface area contributed by atoms with Gasteiger partial charge >= 0.3 is 0 Å². The van der Waals surface area contributed by atoms with E-state index in [1.807, 2.05) is 0 Å². The zero-order valence-electron chi connectivity index (χ0n) is 13.6. The van der Waals surface area contributed by atoms with E-state index in [0.29, 0.717) is 11.8 Å². The fraction of sp³-hybridized carbons (Fsp3) is 0.722. The van der Waals surface area contributed by atoms with E-state index in [-0.39, 0.29) is 0 Å². The number of ether oxygens (including phenoxy) is 1. The van der Waals surface area contributed by atoms with Crippen molar-refractivity contribution in [3.8, 4) is 0 Å². The third kappa shape index (κ3) is 3.46. The van der Waals surface area contributed by atoms with Crippen molar-refractivity contribution in [1.29, 1.82) is 0 Å². The zero-order chi connectivity index (χ0) is 14.8. The summed E-state index contributed by atoms with van der Waals surface area (Å²) in [7, 11) is 0. The van der Waals surface area contributed by atoms with Crippen LogP contribution >= 0.6 is 0 Å². The second kappa shape index (κ2) is 6.45. The van der Waals surface area contributed by atoms with E-state index in [0.717, 1.165) is 32.1 Å². The minimum absolute atomic E-state index is 0.495. The lowest BCUT2D eigenvalue weighted by atomic mass is 9.95. The lowest BCUT2D eigenvalue weighted by Gasteiger charge is -2.21. The number of likely N-dealkylation sites (tertiary alicyclic amines) is 1. The monoisotopic (exact) mass is 288 g/mol. The molecule has 0 saturated carbocycles. The van der Waals surface area contributed by atoms with Gasteiger partial charge in [-0.1, -0.05) is 26.8 Å². The molecule has 2 aliphatic rings. The highest BCUT2D eigenvalue weighted by atomic mass is 16.5. The van der Waals surface area contributed by atoms with Crippen molar-refractivity contribution in [1.82, 2.24) is 9.88 Å². The summed E-state index contributed by atoms with van der Waals surface area (Å²) in [6, 6.07) is 4.53. The molecule has 1 aromatic rings. The standard InChI is InChI=1S/C18H28N2O/c1-13(2)17-5-4-16(15-7-9-21-12-15)18(19-17)11-20-8-6-14(3)10-20/h4-5,13-15H,6-12H2,1-3H3/t14-,15+/m1/s1. The Balaban J connectivity index is 1.84. The first-order valence-electron chi connectivity index (χ1n) is 8.43. The van der Waals surface area contributed by atoms with Gasteiger partial charge in [0.15, 0.2) is 0 Å². The van der Waals surface area contributed by atoms with Gasteiger partial charge in [0.25, 0.3) is 0 Å². The van der Waals surface area contributed by atoms with Gasteiger partial charge < -0.3 is 4.74 Å². The lowest BCUT2D eigenvalue weighted by Crippen LogP contribution is -2.22. The van der Waals surface area contributed by atoms with Crippen molar-refractivity contribution in [2.45, 2.75) is 52.0 Å². The maximum Gasteiger partial charge on any atom is 0.0583 e. The number of hydrogen-bond donors (Lipinski definition) is 0. The van der Waals surface area contributed by atoms with Crippen molar-refractivity contribution in [3.63, 3.8) is 0 Å². The molecule has 0 N–H and O–H groups in total. The largest absolute Gasteiger partial charge is 0.381 e. The van der Waals surface area contributed by atoms with Gasteiger partial charge in [0.1, 0.15) is 0 Å². The van der Waals surface area contributed by atoms with Crippen LogP contribution in [0.25, 0.3) is 0 Å². The molecular formula is C18H28N2O. The molecule has 0 aromatic carbocycles. The highest BCUT2D eigenvalue weighted by Crippen LogP contribution is 2.30. The molecule has 2 atom stereocenters. The summed E-state index contributed by atoms with van der Waals surface area (Å²) in [5, 5.41) is 0. The predicted molar refractivity (Wildman–Crippen MR) is 85.6 cm³/mol. The first-order valence-corrected chi connectivity index (χ1v) is 8.43. The number of rotatable bonds is 4. The Morgan fingerprint density at radius 2 is 2.19 bits per heavy atom. The van der Waals surface area contributed by atoms with Gasteiger partial charge in [-0.3, -0.25) is 9.88 Å². The smallest absolute Gasteiger partial charge is 0.0583 e. The molecule has 0 unspecified atom stereocenters. The van der Waals surface area contributed by atoms with Crippen LogP contribution in [0.5, 0.6) is 0 Å². The van der Waals surface area contributed by atoms with Crippen molar-refractivity contribution < 1.29 is 4.74 Å². The highest BCUT2D eigenvalue weighted by Gasteiger charge is 2.25. The van der Waals surface area contributed by atoms with Crippen molar-refractivity contribution in [2.24, 2.45) is 5.92 Å². The van der Waals surface area contributed by atoms with Gasteiger partial charge in [0.05, 0.1) is 12.3 Å². The van der Waals surface area contributed by atoms with Crippen LogP contribution in [-0.2, 0) is 11.3 Å². The first kappa shape index (κ1) is 15.0.